The van der Waals surface area contributed by atoms with E-state index in [0.29, 0.717) is 31.6 Å². The van der Waals surface area contributed by atoms with Crippen molar-refractivity contribution >= 4 is 0 Å². The predicted molar refractivity (Wildman–Crippen MR) is 78.9 cm³/mol. The number of alkyl halides is 3. The van der Waals surface area contributed by atoms with Crippen molar-refractivity contribution in [2.45, 2.75) is 50.7 Å². The first-order chi connectivity index (χ1) is 10.6. The van der Waals surface area contributed by atoms with Crippen molar-refractivity contribution in [3.63, 3.8) is 0 Å². The highest BCUT2D eigenvalue weighted by Gasteiger charge is 2.62. The number of hydrogen-bond acceptors (Lipinski definition) is 2. The minimum Gasteiger partial charge on any atom is -0.493 e. The molecule has 2 nitrogen and oxygen atoms in total. The summed E-state index contributed by atoms with van der Waals surface area (Å²) in [6.45, 7) is 4.35. The summed E-state index contributed by atoms with van der Waals surface area (Å²) in [5.41, 5.74) is 6.69. The number of ether oxygens (including phenoxy) is 1. The molecule has 2 unspecified atom stereocenters. The van der Waals surface area contributed by atoms with Crippen LogP contribution in [0.1, 0.15) is 37.8 Å². The molecule has 1 saturated carbocycles. The van der Waals surface area contributed by atoms with Crippen molar-refractivity contribution in [3.05, 3.63) is 29.1 Å². The molecule has 0 radical (unpaired) electrons. The Balaban J connectivity index is 1.74. The van der Waals surface area contributed by atoms with Crippen LogP contribution >= 0.6 is 0 Å². The highest BCUT2D eigenvalue weighted by Crippen LogP contribution is 2.52. The molecule has 2 N–H and O–H groups in total. The number of nitrogens with two attached hydrogens (primary N) is 1. The van der Waals surface area contributed by atoms with Gasteiger partial charge in [0.15, 0.2) is 0 Å². The molecule has 0 amide bonds. The van der Waals surface area contributed by atoms with Crippen LogP contribution in [-0.2, 0) is 11.8 Å². The molecule has 3 atom stereocenters. The van der Waals surface area contributed by atoms with E-state index in [2.05, 4.69) is 0 Å². The second kappa shape index (κ2) is 5.36. The average molecular weight is 331 g/mol. The van der Waals surface area contributed by atoms with Crippen LogP contribution in [0.5, 0.6) is 5.75 Å². The Kier molecular flexibility index (Phi) is 3.86. The lowest BCUT2D eigenvalue weighted by molar-refractivity contribution is -0.152. The van der Waals surface area contributed by atoms with Gasteiger partial charge >= 0.3 is 6.18 Å². The summed E-state index contributed by atoms with van der Waals surface area (Å²) in [5.74, 6) is -1.55. The van der Waals surface area contributed by atoms with E-state index in [1.807, 2.05) is 13.8 Å². The van der Waals surface area contributed by atoms with E-state index in [4.69, 9.17) is 10.5 Å². The number of halogens is 4. The van der Waals surface area contributed by atoms with Crippen LogP contribution in [0.25, 0.3) is 0 Å². The summed E-state index contributed by atoms with van der Waals surface area (Å²) < 4.78 is 57.7. The van der Waals surface area contributed by atoms with Gasteiger partial charge in [-0.2, -0.15) is 13.2 Å². The smallest absolute Gasteiger partial charge is 0.393 e. The maximum Gasteiger partial charge on any atom is 0.393 e. The fraction of sp³-hybridized carbons (Fsp3) is 0.647. The van der Waals surface area contributed by atoms with Gasteiger partial charge in [0.05, 0.1) is 12.5 Å². The molecule has 128 valence electrons. The zero-order valence-electron chi connectivity index (χ0n) is 13.2. The molecule has 1 aliphatic heterocycles. The summed E-state index contributed by atoms with van der Waals surface area (Å²) in [7, 11) is 0. The van der Waals surface area contributed by atoms with Crippen LogP contribution in [-0.4, -0.2) is 18.8 Å². The lowest BCUT2D eigenvalue weighted by atomic mass is 9.78. The Morgan fingerprint density at radius 3 is 2.57 bits per heavy atom. The molecule has 1 aromatic rings. The second-order valence-electron chi connectivity index (χ2n) is 7.27. The zero-order chi connectivity index (χ0) is 17.0. The van der Waals surface area contributed by atoms with Crippen LogP contribution in [0.15, 0.2) is 12.1 Å². The summed E-state index contributed by atoms with van der Waals surface area (Å²) in [5, 5.41) is 0. The van der Waals surface area contributed by atoms with E-state index >= 15 is 0 Å². The Morgan fingerprint density at radius 2 is 1.96 bits per heavy atom. The number of benzene rings is 1. The van der Waals surface area contributed by atoms with Crippen LogP contribution in [0, 0.1) is 17.7 Å². The fourth-order valence-electron chi connectivity index (χ4n) is 3.67. The Morgan fingerprint density at radius 1 is 1.26 bits per heavy atom. The monoisotopic (exact) mass is 331 g/mol. The average Bonchev–Trinajstić information content (AvgIpc) is 2.87. The summed E-state index contributed by atoms with van der Waals surface area (Å²) in [6, 6.07) is 2.11. The SMILES string of the molecule is CC(C)(CCC1C(C(F)(F)F)[C@H]1N)c1cc(F)cc2c1OCC2. The van der Waals surface area contributed by atoms with Gasteiger partial charge in [-0.05, 0) is 36.3 Å². The van der Waals surface area contributed by atoms with E-state index in [9.17, 15) is 17.6 Å². The van der Waals surface area contributed by atoms with Crippen molar-refractivity contribution in [2.24, 2.45) is 17.6 Å². The van der Waals surface area contributed by atoms with Crippen molar-refractivity contribution < 1.29 is 22.3 Å². The predicted octanol–water partition coefficient (Wildman–Crippen LogP) is 3.95. The summed E-state index contributed by atoms with van der Waals surface area (Å²) in [6.07, 6.45) is -2.67. The Bertz CT molecular complexity index is 611. The topological polar surface area (TPSA) is 35.2 Å². The molecule has 0 saturated heterocycles. The van der Waals surface area contributed by atoms with Crippen LogP contribution in [0.2, 0.25) is 0 Å². The molecular weight excluding hydrogens is 310 g/mol. The van der Waals surface area contributed by atoms with Crippen molar-refractivity contribution in [1.82, 2.24) is 0 Å². The van der Waals surface area contributed by atoms with E-state index in [0.717, 1.165) is 11.1 Å². The minimum atomic E-state index is -4.22. The van der Waals surface area contributed by atoms with Crippen molar-refractivity contribution in [3.8, 4) is 5.75 Å². The molecule has 1 fully saturated rings. The first kappa shape index (κ1) is 16.6. The maximum absolute atomic E-state index is 13.8. The standard InChI is InChI=1S/C17H21F4NO/c1-16(2,5-3-11-13(14(11)22)17(19,20)21)12-8-10(18)7-9-4-6-23-15(9)12/h7-8,11,13-14H,3-6,22H2,1-2H3/t11?,13?,14-/m0/s1. The molecule has 23 heavy (non-hydrogen) atoms. The van der Waals surface area contributed by atoms with Gasteiger partial charge in [0, 0.05) is 23.6 Å². The highest BCUT2D eigenvalue weighted by molar-refractivity contribution is 5.48. The first-order valence-electron chi connectivity index (χ1n) is 7.89. The van der Waals surface area contributed by atoms with Gasteiger partial charge in [0.1, 0.15) is 11.6 Å². The number of hydrogen-bond donors (Lipinski definition) is 1. The lowest BCUT2D eigenvalue weighted by Gasteiger charge is -2.27. The number of rotatable bonds is 4. The van der Waals surface area contributed by atoms with Crippen LogP contribution in [0.3, 0.4) is 0 Å². The van der Waals surface area contributed by atoms with Crippen LogP contribution < -0.4 is 10.5 Å². The number of fused-ring (bicyclic) bond motifs is 1. The second-order valence-corrected chi connectivity index (χ2v) is 7.27. The summed E-state index contributed by atoms with van der Waals surface area (Å²) >= 11 is 0. The van der Waals surface area contributed by atoms with Gasteiger partial charge in [-0.25, -0.2) is 4.39 Å². The molecule has 0 spiro atoms. The minimum absolute atomic E-state index is 0.325. The quantitative estimate of drug-likeness (QED) is 0.848. The molecule has 0 aromatic heterocycles. The van der Waals surface area contributed by atoms with Gasteiger partial charge in [-0.3, -0.25) is 0 Å². The Hall–Kier alpha value is -1.30. The van der Waals surface area contributed by atoms with E-state index in [1.54, 1.807) is 0 Å². The lowest BCUT2D eigenvalue weighted by Crippen LogP contribution is -2.19. The van der Waals surface area contributed by atoms with Crippen molar-refractivity contribution in [2.75, 3.05) is 6.61 Å². The van der Waals surface area contributed by atoms with E-state index in [-0.39, 0.29) is 5.82 Å². The molecule has 6 heteroatoms. The molecule has 2 aliphatic rings. The largest absolute Gasteiger partial charge is 0.493 e. The maximum atomic E-state index is 13.8. The molecule has 1 aliphatic carbocycles. The molecule has 3 rings (SSSR count). The Labute approximate surface area is 133 Å². The third kappa shape index (κ3) is 3.05. The van der Waals surface area contributed by atoms with E-state index in [1.165, 1.54) is 12.1 Å². The van der Waals surface area contributed by atoms with Gasteiger partial charge in [0.25, 0.3) is 0 Å². The third-order valence-corrected chi connectivity index (χ3v) is 5.19. The van der Waals surface area contributed by atoms with E-state index < -0.39 is 29.5 Å². The third-order valence-electron chi connectivity index (χ3n) is 5.19. The molecule has 1 aromatic carbocycles. The van der Waals surface area contributed by atoms with Gasteiger partial charge < -0.3 is 10.5 Å². The fourth-order valence-corrected chi connectivity index (χ4v) is 3.67. The highest BCUT2D eigenvalue weighted by atomic mass is 19.4. The first-order valence-corrected chi connectivity index (χ1v) is 7.89. The summed E-state index contributed by atoms with van der Waals surface area (Å²) in [4.78, 5) is 0. The zero-order valence-corrected chi connectivity index (χ0v) is 13.2. The van der Waals surface area contributed by atoms with Crippen molar-refractivity contribution in [1.29, 1.82) is 0 Å². The van der Waals surface area contributed by atoms with Crippen LogP contribution in [0.4, 0.5) is 17.6 Å². The normalized spacial score (nSPS) is 26.8. The van der Waals surface area contributed by atoms with Gasteiger partial charge in [-0.15, -0.1) is 0 Å². The molecular formula is C17H21F4NO. The molecule has 0 bridgehead atoms. The van der Waals surface area contributed by atoms with Gasteiger partial charge in [0.2, 0.25) is 0 Å². The van der Waals surface area contributed by atoms with Gasteiger partial charge in [-0.1, -0.05) is 13.8 Å². The molecule has 1 heterocycles.